The highest BCUT2D eigenvalue weighted by Gasteiger charge is 2.17. The fourth-order valence-corrected chi connectivity index (χ4v) is 3.68. The number of carbonyl (C=O) groups is 1. The van der Waals surface area contributed by atoms with Crippen LogP contribution < -0.4 is 19.5 Å². The molecule has 0 unspecified atom stereocenters. The van der Waals surface area contributed by atoms with Gasteiger partial charge in [-0.25, -0.2) is 4.68 Å². The first-order valence-electron chi connectivity index (χ1n) is 10.7. The van der Waals surface area contributed by atoms with E-state index in [1.807, 2.05) is 42.5 Å². The van der Waals surface area contributed by atoms with Crippen LogP contribution >= 0.6 is 11.6 Å². The molecule has 0 bridgehead atoms. The molecule has 4 aromatic rings. The summed E-state index contributed by atoms with van der Waals surface area (Å²) in [6.07, 6.45) is 4.74. The SMILES string of the molecule is COc1cc(N/C=C\C(=O)c2cn(-c3ccccc3)nc2-c2ccc(Cl)cc2)cc(OC)c1OC. The topological polar surface area (TPSA) is 74.6 Å². The van der Waals surface area contributed by atoms with Gasteiger partial charge in [0.15, 0.2) is 17.3 Å². The van der Waals surface area contributed by atoms with Crippen molar-refractivity contribution in [1.29, 1.82) is 0 Å². The van der Waals surface area contributed by atoms with Crippen molar-refractivity contribution in [1.82, 2.24) is 9.78 Å². The van der Waals surface area contributed by atoms with E-state index in [0.29, 0.717) is 39.2 Å². The van der Waals surface area contributed by atoms with Crippen molar-refractivity contribution < 1.29 is 19.0 Å². The predicted octanol–water partition coefficient (Wildman–Crippen LogP) is 6.03. The molecule has 35 heavy (non-hydrogen) atoms. The Morgan fingerprint density at radius 1 is 0.943 bits per heavy atom. The summed E-state index contributed by atoms with van der Waals surface area (Å²) in [4.78, 5) is 13.2. The summed E-state index contributed by atoms with van der Waals surface area (Å²) in [6.45, 7) is 0. The second kappa shape index (κ2) is 10.8. The molecule has 0 fully saturated rings. The highest BCUT2D eigenvalue weighted by Crippen LogP contribution is 2.40. The van der Waals surface area contributed by atoms with E-state index in [-0.39, 0.29) is 5.78 Å². The van der Waals surface area contributed by atoms with Crippen LogP contribution in [-0.2, 0) is 0 Å². The monoisotopic (exact) mass is 489 g/mol. The zero-order valence-electron chi connectivity index (χ0n) is 19.5. The van der Waals surface area contributed by atoms with Gasteiger partial charge < -0.3 is 19.5 Å². The Balaban J connectivity index is 1.64. The molecule has 0 saturated heterocycles. The summed E-state index contributed by atoms with van der Waals surface area (Å²) in [5.41, 5.74) is 3.33. The average Bonchev–Trinajstić information content (AvgIpc) is 3.34. The number of carbonyl (C=O) groups excluding carboxylic acids is 1. The first-order valence-corrected chi connectivity index (χ1v) is 11.1. The minimum Gasteiger partial charge on any atom is -0.493 e. The third-order valence-corrected chi connectivity index (χ3v) is 5.52. The number of ether oxygens (including phenoxy) is 3. The number of anilines is 1. The highest BCUT2D eigenvalue weighted by molar-refractivity contribution is 6.30. The zero-order chi connectivity index (χ0) is 24.8. The molecule has 178 valence electrons. The molecule has 7 nitrogen and oxygen atoms in total. The van der Waals surface area contributed by atoms with Crippen molar-refractivity contribution in [3.05, 3.63) is 95.8 Å². The second-order valence-corrected chi connectivity index (χ2v) is 7.87. The molecule has 1 N–H and O–H groups in total. The Bertz CT molecular complexity index is 1320. The number of rotatable bonds is 9. The first kappa shape index (κ1) is 23.9. The number of allylic oxidation sites excluding steroid dienone is 1. The van der Waals surface area contributed by atoms with Crippen LogP contribution in [-0.4, -0.2) is 36.9 Å². The Morgan fingerprint density at radius 3 is 2.20 bits per heavy atom. The van der Waals surface area contributed by atoms with Gasteiger partial charge in [0.2, 0.25) is 5.75 Å². The van der Waals surface area contributed by atoms with Crippen molar-refractivity contribution in [2.45, 2.75) is 0 Å². The van der Waals surface area contributed by atoms with Gasteiger partial charge in [-0.3, -0.25) is 4.79 Å². The Morgan fingerprint density at radius 2 is 1.60 bits per heavy atom. The van der Waals surface area contributed by atoms with Crippen molar-refractivity contribution in [2.75, 3.05) is 26.6 Å². The molecule has 0 aliphatic heterocycles. The summed E-state index contributed by atoms with van der Waals surface area (Å²) in [7, 11) is 4.63. The summed E-state index contributed by atoms with van der Waals surface area (Å²) >= 11 is 6.05. The maximum atomic E-state index is 13.2. The van der Waals surface area contributed by atoms with Crippen LogP contribution in [0.25, 0.3) is 16.9 Å². The minimum absolute atomic E-state index is 0.211. The third kappa shape index (κ3) is 5.31. The van der Waals surface area contributed by atoms with Gasteiger partial charge in [0, 0.05) is 46.9 Å². The van der Waals surface area contributed by atoms with Crippen LogP contribution in [0.2, 0.25) is 5.02 Å². The molecule has 0 spiro atoms. The number of hydrogen-bond acceptors (Lipinski definition) is 6. The Kier molecular flexibility index (Phi) is 7.38. The molecular weight excluding hydrogens is 466 g/mol. The predicted molar refractivity (Wildman–Crippen MR) is 137 cm³/mol. The summed E-state index contributed by atoms with van der Waals surface area (Å²) in [5.74, 6) is 1.28. The van der Waals surface area contributed by atoms with Gasteiger partial charge in [-0.05, 0) is 24.3 Å². The van der Waals surface area contributed by atoms with E-state index in [9.17, 15) is 4.79 Å². The van der Waals surface area contributed by atoms with E-state index in [1.165, 1.54) is 6.08 Å². The highest BCUT2D eigenvalue weighted by atomic mass is 35.5. The van der Waals surface area contributed by atoms with Gasteiger partial charge in [-0.2, -0.15) is 5.10 Å². The average molecular weight is 490 g/mol. The number of hydrogen-bond donors (Lipinski definition) is 1. The molecule has 1 heterocycles. The van der Waals surface area contributed by atoms with Crippen LogP contribution in [0.15, 0.2) is 85.2 Å². The molecule has 0 aliphatic carbocycles. The zero-order valence-corrected chi connectivity index (χ0v) is 20.2. The lowest BCUT2D eigenvalue weighted by Crippen LogP contribution is -1.99. The number of nitrogens with one attached hydrogen (secondary N) is 1. The molecule has 3 aromatic carbocycles. The normalized spacial score (nSPS) is 10.9. The number of aromatic nitrogens is 2. The number of benzene rings is 3. The molecular formula is C27H24ClN3O4. The molecule has 0 aliphatic rings. The van der Waals surface area contributed by atoms with Gasteiger partial charge in [0.25, 0.3) is 0 Å². The summed E-state index contributed by atoms with van der Waals surface area (Å²) in [6, 6.07) is 20.3. The summed E-state index contributed by atoms with van der Waals surface area (Å²) < 4.78 is 17.8. The lowest BCUT2D eigenvalue weighted by atomic mass is 10.1. The van der Waals surface area contributed by atoms with Crippen LogP contribution in [0.3, 0.4) is 0 Å². The molecule has 0 saturated carbocycles. The quantitative estimate of drug-likeness (QED) is 0.228. The van der Waals surface area contributed by atoms with Crippen LogP contribution in [0.4, 0.5) is 5.69 Å². The van der Waals surface area contributed by atoms with Crippen LogP contribution in [0, 0.1) is 0 Å². The number of ketones is 1. The van der Waals surface area contributed by atoms with E-state index >= 15 is 0 Å². The van der Waals surface area contributed by atoms with E-state index in [1.54, 1.807) is 62.7 Å². The molecule has 4 rings (SSSR count). The fraction of sp³-hybridized carbons (Fsp3) is 0.111. The van der Waals surface area contributed by atoms with E-state index in [0.717, 1.165) is 11.3 Å². The van der Waals surface area contributed by atoms with E-state index < -0.39 is 0 Å². The van der Waals surface area contributed by atoms with E-state index in [4.69, 9.17) is 25.8 Å². The van der Waals surface area contributed by atoms with Crippen molar-refractivity contribution in [2.24, 2.45) is 0 Å². The molecule has 0 amide bonds. The molecule has 0 atom stereocenters. The van der Waals surface area contributed by atoms with Gasteiger partial charge in [-0.15, -0.1) is 0 Å². The standard InChI is InChI=1S/C27H24ClN3O4/c1-33-24-15-20(16-25(34-2)27(24)35-3)29-14-13-23(32)22-17-31(21-7-5-4-6-8-21)30-26(22)18-9-11-19(28)12-10-18/h4-17,29H,1-3H3/b14-13-. The smallest absolute Gasteiger partial charge is 0.203 e. The van der Waals surface area contributed by atoms with Gasteiger partial charge in [-0.1, -0.05) is 41.9 Å². The molecule has 8 heteroatoms. The maximum Gasteiger partial charge on any atom is 0.203 e. The number of halogens is 1. The van der Waals surface area contributed by atoms with Gasteiger partial charge in [0.05, 0.1) is 32.6 Å². The first-order chi connectivity index (χ1) is 17.0. The second-order valence-electron chi connectivity index (χ2n) is 7.43. The minimum atomic E-state index is -0.211. The number of para-hydroxylation sites is 1. The lowest BCUT2D eigenvalue weighted by molar-refractivity contribution is 0.104. The lowest BCUT2D eigenvalue weighted by Gasteiger charge is -2.13. The fourth-order valence-electron chi connectivity index (χ4n) is 3.56. The van der Waals surface area contributed by atoms with Crippen LogP contribution in [0.1, 0.15) is 10.4 Å². The Hall–Kier alpha value is -4.23. The van der Waals surface area contributed by atoms with Crippen molar-refractivity contribution in [3.63, 3.8) is 0 Å². The molecule has 1 aromatic heterocycles. The maximum absolute atomic E-state index is 13.2. The van der Waals surface area contributed by atoms with Gasteiger partial charge in [0.1, 0.15) is 5.69 Å². The van der Waals surface area contributed by atoms with Crippen molar-refractivity contribution >= 4 is 23.1 Å². The van der Waals surface area contributed by atoms with Gasteiger partial charge >= 0.3 is 0 Å². The third-order valence-electron chi connectivity index (χ3n) is 5.27. The van der Waals surface area contributed by atoms with Crippen LogP contribution in [0.5, 0.6) is 17.2 Å². The Labute approximate surface area is 208 Å². The largest absolute Gasteiger partial charge is 0.493 e. The van der Waals surface area contributed by atoms with E-state index in [2.05, 4.69) is 10.4 Å². The summed E-state index contributed by atoms with van der Waals surface area (Å²) in [5, 5.41) is 8.38. The molecule has 0 radical (unpaired) electrons. The number of methoxy groups -OCH3 is 3. The number of nitrogens with zero attached hydrogens (tertiary/aromatic N) is 2. The van der Waals surface area contributed by atoms with Crippen molar-refractivity contribution in [3.8, 4) is 34.2 Å².